The number of fused-ring (bicyclic) bond motifs is 1. The maximum absolute atomic E-state index is 12.9. The van der Waals surface area contributed by atoms with Crippen molar-refractivity contribution in [2.24, 2.45) is 0 Å². The average Bonchev–Trinajstić information content (AvgIpc) is 3.69. The molecular formula is C36H34O13. The van der Waals surface area contributed by atoms with Gasteiger partial charge in [0.25, 0.3) is 0 Å². The van der Waals surface area contributed by atoms with Crippen LogP contribution in [0.3, 0.4) is 0 Å². The van der Waals surface area contributed by atoms with Crippen LogP contribution in [-0.4, -0.2) is 80.9 Å². The van der Waals surface area contributed by atoms with Crippen LogP contribution in [0.2, 0.25) is 0 Å². The van der Waals surface area contributed by atoms with Crippen molar-refractivity contribution in [1.82, 2.24) is 0 Å². The third-order valence-electron chi connectivity index (χ3n) is 7.53. The molecule has 0 radical (unpaired) electrons. The van der Waals surface area contributed by atoms with Gasteiger partial charge in [-0.15, -0.1) is 0 Å². The number of carbonyl (C=O) groups excluding carboxylic acids is 5. The smallest absolute Gasteiger partial charge is 0.463 e. The van der Waals surface area contributed by atoms with Crippen LogP contribution >= 0.6 is 0 Å². The van der Waals surface area contributed by atoms with Crippen molar-refractivity contribution in [3.63, 3.8) is 0 Å². The number of hydrogen-bond donors (Lipinski definition) is 0. The molecule has 2 saturated heterocycles. The zero-order chi connectivity index (χ0) is 34.8. The van der Waals surface area contributed by atoms with Gasteiger partial charge < -0.3 is 37.9 Å². The summed E-state index contributed by atoms with van der Waals surface area (Å²) in [6, 6.07) is 18.5. The van der Waals surface area contributed by atoms with Gasteiger partial charge in [0.1, 0.15) is 23.7 Å². The standard InChI is InChI=1S/C36H34O13/c1-3-30(37)42-18-4-5-19-43-36(41)47-27-16-12-24(13-17-27)33(38)46-26-14-10-25(11-15-26)35(40)49-29-21-45-31-28(20-44-32(29)31)48-34(39)23-8-6-22(2)7-9-23/h3,6-17,28-29,31-32H,1,4-5,18-21H2,2H3/t28-,29?,31+,32+/m0/s1. The molecule has 2 heterocycles. The Morgan fingerprint density at radius 2 is 1.10 bits per heavy atom. The van der Waals surface area contributed by atoms with Crippen molar-refractivity contribution >= 4 is 30.0 Å². The van der Waals surface area contributed by atoms with Gasteiger partial charge >= 0.3 is 30.0 Å². The topological polar surface area (TPSA) is 159 Å². The van der Waals surface area contributed by atoms with Crippen LogP contribution in [0.1, 0.15) is 49.5 Å². The molecule has 13 heteroatoms. The summed E-state index contributed by atoms with van der Waals surface area (Å²) < 4.78 is 43.1. The van der Waals surface area contributed by atoms with E-state index in [1.54, 1.807) is 12.1 Å². The molecule has 2 aliphatic rings. The first-order valence-electron chi connectivity index (χ1n) is 15.5. The van der Waals surface area contributed by atoms with Gasteiger partial charge in [0.2, 0.25) is 0 Å². The molecule has 2 fully saturated rings. The molecule has 0 bridgehead atoms. The maximum Gasteiger partial charge on any atom is 0.513 e. The third kappa shape index (κ3) is 9.52. The van der Waals surface area contributed by atoms with Crippen LogP contribution in [0.25, 0.3) is 0 Å². The molecule has 2 aliphatic heterocycles. The molecule has 1 unspecified atom stereocenters. The summed E-state index contributed by atoms with van der Waals surface area (Å²) in [4.78, 5) is 60.9. The Bertz CT molecular complexity index is 1650. The molecule has 0 aromatic heterocycles. The minimum Gasteiger partial charge on any atom is -0.463 e. The van der Waals surface area contributed by atoms with Crippen LogP contribution in [0.5, 0.6) is 11.5 Å². The van der Waals surface area contributed by atoms with Crippen LogP contribution in [0, 0.1) is 6.92 Å². The Balaban J connectivity index is 1.03. The number of ether oxygens (including phenoxy) is 8. The predicted molar refractivity (Wildman–Crippen MR) is 169 cm³/mol. The Labute approximate surface area is 281 Å². The quantitative estimate of drug-likeness (QED) is 0.0609. The van der Waals surface area contributed by atoms with E-state index in [4.69, 9.17) is 37.9 Å². The SMILES string of the molecule is C=CC(=O)OCCCCOC(=O)Oc1ccc(C(=O)Oc2ccc(C(=O)OC3CO[C@@H]4[C@@H](OC(=O)c5ccc(C)cc5)CO[C@H]34)cc2)cc1. The summed E-state index contributed by atoms with van der Waals surface area (Å²) in [7, 11) is 0. The summed E-state index contributed by atoms with van der Waals surface area (Å²) >= 11 is 0. The van der Waals surface area contributed by atoms with Crippen LogP contribution in [0.4, 0.5) is 4.79 Å². The van der Waals surface area contributed by atoms with E-state index in [-0.39, 0.29) is 49.1 Å². The first-order valence-corrected chi connectivity index (χ1v) is 15.5. The van der Waals surface area contributed by atoms with Crippen LogP contribution in [0.15, 0.2) is 85.5 Å². The van der Waals surface area contributed by atoms with Crippen molar-refractivity contribution in [3.05, 3.63) is 108 Å². The van der Waals surface area contributed by atoms with Crippen molar-refractivity contribution in [2.45, 2.75) is 44.2 Å². The molecule has 3 aromatic rings. The molecule has 256 valence electrons. The lowest BCUT2D eigenvalue weighted by Crippen LogP contribution is -2.36. The normalized spacial score (nSPS) is 19.2. The van der Waals surface area contributed by atoms with Gasteiger partial charge in [0, 0.05) is 6.08 Å². The summed E-state index contributed by atoms with van der Waals surface area (Å²) in [5.74, 6) is -1.96. The minimum atomic E-state index is -0.920. The van der Waals surface area contributed by atoms with Crippen molar-refractivity contribution in [1.29, 1.82) is 0 Å². The summed E-state index contributed by atoms with van der Waals surface area (Å²) in [6.45, 7) is 5.67. The highest BCUT2D eigenvalue weighted by atomic mass is 16.7. The molecule has 0 aliphatic carbocycles. The predicted octanol–water partition coefficient (Wildman–Crippen LogP) is 4.79. The monoisotopic (exact) mass is 674 g/mol. The van der Waals surface area contributed by atoms with Gasteiger partial charge in [-0.1, -0.05) is 24.3 Å². The third-order valence-corrected chi connectivity index (χ3v) is 7.53. The van der Waals surface area contributed by atoms with E-state index in [2.05, 4.69) is 6.58 Å². The molecule has 5 rings (SSSR count). The molecule has 0 N–H and O–H groups in total. The molecule has 0 amide bonds. The summed E-state index contributed by atoms with van der Waals surface area (Å²) in [5.41, 5.74) is 1.85. The zero-order valence-corrected chi connectivity index (χ0v) is 26.6. The molecule has 49 heavy (non-hydrogen) atoms. The fraction of sp³-hybridized carbons (Fsp3) is 0.306. The second-order valence-corrected chi connectivity index (χ2v) is 11.1. The molecule has 0 saturated carbocycles. The zero-order valence-electron chi connectivity index (χ0n) is 26.6. The van der Waals surface area contributed by atoms with Gasteiger partial charge in [-0.2, -0.15) is 0 Å². The number of unbranched alkanes of at least 4 members (excludes halogenated alkanes) is 1. The first kappa shape index (κ1) is 34.8. The van der Waals surface area contributed by atoms with Crippen molar-refractivity contribution in [2.75, 3.05) is 26.4 Å². The van der Waals surface area contributed by atoms with E-state index in [1.165, 1.54) is 48.5 Å². The van der Waals surface area contributed by atoms with E-state index >= 15 is 0 Å². The van der Waals surface area contributed by atoms with E-state index in [0.29, 0.717) is 18.4 Å². The number of aryl methyl sites for hydroxylation is 1. The van der Waals surface area contributed by atoms with Crippen molar-refractivity contribution < 1.29 is 61.9 Å². The average molecular weight is 675 g/mol. The number of carbonyl (C=O) groups is 5. The second-order valence-electron chi connectivity index (χ2n) is 11.1. The fourth-order valence-corrected chi connectivity index (χ4v) is 4.93. The number of esters is 4. The number of benzene rings is 3. The van der Waals surface area contributed by atoms with Gasteiger partial charge in [-0.3, -0.25) is 0 Å². The van der Waals surface area contributed by atoms with E-state index in [9.17, 15) is 24.0 Å². The highest BCUT2D eigenvalue weighted by Gasteiger charge is 2.51. The molecule has 4 atom stereocenters. The highest BCUT2D eigenvalue weighted by molar-refractivity contribution is 5.92. The lowest BCUT2D eigenvalue weighted by Gasteiger charge is -2.17. The highest BCUT2D eigenvalue weighted by Crippen LogP contribution is 2.31. The van der Waals surface area contributed by atoms with E-state index < -0.39 is 54.4 Å². The number of hydrogen-bond acceptors (Lipinski definition) is 13. The Hall–Kier alpha value is -5.53. The lowest BCUT2D eigenvalue weighted by molar-refractivity contribution is -0.137. The fourth-order valence-electron chi connectivity index (χ4n) is 4.93. The lowest BCUT2D eigenvalue weighted by atomic mass is 10.1. The van der Waals surface area contributed by atoms with Gasteiger partial charge in [-0.25, -0.2) is 24.0 Å². The molecule has 3 aromatic carbocycles. The Morgan fingerprint density at radius 3 is 1.61 bits per heavy atom. The van der Waals surface area contributed by atoms with Gasteiger partial charge in [0.15, 0.2) is 12.2 Å². The summed E-state index contributed by atoms with van der Waals surface area (Å²) in [5, 5.41) is 0. The Morgan fingerprint density at radius 1 is 0.653 bits per heavy atom. The first-order chi connectivity index (χ1) is 23.7. The van der Waals surface area contributed by atoms with Gasteiger partial charge in [0.05, 0.1) is 43.1 Å². The minimum absolute atomic E-state index is 0.0736. The molecule has 13 nitrogen and oxygen atoms in total. The Kier molecular flexibility index (Phi) is 11.7. The second kappa shape index (κ2) is 16.5. The molecular weight excluding hydrogens is 640 g/mol. The largest absolute Gasteiger partial charge is 0.513 e. The van der Waals surface area contributed by atoms with Crippen molar-refractivity contribution in [3.8, 4) is 11.5 Å². The van der Waals surface area contributed by atoms with E-state index in [1.807, 2.05) is 19.1 Å². The maximum atomic E-state index is 12.9. The molecule has 0 spiro atoms. The van der Waals surface area contributed by atoms with E-state index in [0.717, 1.165) is 11.6 Å². The van der Waals surface area contributed by atoms with Crippen LogP contribution < -0.4 is 9.47 Å². The number of rotatable bonds is 13. The van der Waals surface area contributed by atoms with Crippen LogP contribution in [-0.2, 0) is 33.2 Å². The summed E-state index contributed by atoms with van der Waals surface area (Å²) in [6.07, 6.45) is -1.38. The van der Waals surface area contributed by atoms with Gasteiger partial charge in [-0.05, 0) is 80.4 Å².